The van der Waals surface area contributed by atoms with E-state index in [1.807, 2.05) is 42.7 Å². The van der Waals surface area contributed by atoms with Crippen LogP contribution in [0.3, 0.4) is 0 Å². The second-order valence-corrected chi connectivity index (χ2v) is 6.12. The summed E-state index contributed by atoms with van der Waals surface area (Å²) in [5, 5.41) is 12.1. The summed E-state index contributed by atoms with van der Waals surface area (Å²) in [6.07, 6.45) is 1.68. The van der Waals surface area contributed by atoms with E-state index in [-0.39, 0.29) is 11.9 Å². The van der Waals surface area contributed by atoms with Gasteiger partial charge >= 0.3 is 0 Å². The molecule has 5 nitrogen and oxygen atoms in total. The van der Waals surface area contributed by atoms with Gasteiger partial charge in [0.2, 0.25) is 5.91 Å². The number of hydrogen-bond acceptors (Lipinski definition) is 4. The number of rotatable bonds is 6. The Bertz CT molecular complexity index is 615. The van der Waals surface area contributed by atoms with E-state index in [0.29, 0.717) is 17.3 Å². The Morgan fingerprint density at radius 1 is 1.43 bits per heavy atom. The Kier molecular flexibility index (Phi) is 5.64. The van der Waals surface area contributed by atoms with Gasteiger partial charge in [0.05, 0.1) is 5.75 Å². The van der Waals surface area contributed by atoms with Crippen LogP contribution in [0.4, 0.5) is 0 Å². The van der Waals surface area contributed by atoms with Gasteiger partial charge < -0.3 is 9.88 Å². The van der Waals surface area contributed by atoms with Crippen LogP contribution in [0.5, 0.6) is 0 Å². The van der Waals surface area contributed by atoms with Crippen molar-refractivity contribution in [1.82, 2.24) is 20.1 Å². The van der Waals surface area contributed by atoms with Crippen molar-refractivity contribution in [3.05, 3.63) is 41.2 Å². The van der Waals surface area contributed by atoms with E-state index in [1.54, 1.807) is 6.33 Å². The maximum atomic E-state index is 11.9. The minimum Gasteiger partial charge on any atom is -0.351 e. The maximum Gasteiger partial charge on any atom is 0.230 e. The van der Waals surface area contributed by atoms with Gasteiger partial charge in [0, 0.05) is 17.6 Å². The van der Waals surface area contributed by atoms with Crippen LogP contribution in [0.2, 0.25) is 5.02 Å². The average molecular weight is 325 g/mol. The molecule has 0 aliphatic rings. The molecule has 0 atom stereocenters. The first kappa shape index (κ1) is 15.9. The quantitative estimate of drug-likeness (QED) is 0.830. The summed E-state index contributed by atoms with van der Waals surface area (Å²) in [6, 6.07) is 7.73. The first-order chi connectivity index (χ1) is 10.1. The molecule has 2 aromatic rings. The zero-order valence-electron chi connectivity index (χ0n) is 11.9. The summed E-state index contributed by atoms with van der Waals surface area (Å²) in [6.45, 7) is 4.52. The van der Waals surface area contributed by atoms with Crippen LogP contribution in [0.1, 0.15) is 25.5 Å². The topological polar surface area (TPSA) is 59.8 Å². The predicted molar refractivity (Wildman–Crippen MR) is 84.4 cm³/mol. The molecule has 1 aromatic carbocycles. The normalized spacial score (nSPS) is 10.9. The van der Waals surface area contributed by atoms with Gasteiger partial charge in [-0.25, -0.2) is 0 Å². The fourth-order valence-electron chi connectivity index (χ4n) is 1.71. The Morgan fingerprint density at radius 2 is 2.19 bits per heavy atom. The molecule has 1 aromatic heterocycles. The third kappa shape index (κ3) is 4.47. The van der Waals surface area contributed by atoms with E-state index >= 15 is 0 Å². The third-order valence-corrected chi connectivity index (χ3v) is 4.19. The van der Waals surface area contributed by atoms with Gasteiger partial charge in [0.1, 0.15) is 6.33 Å². The van der Waals surface area contributed by atoms with Gasteiger partial charge in [-0.05, 0) is 25.5 Å². The molecule has 1 heterocycles. The summed E-state index contributed by atoms with van der Waals surface area (Å²) in [5.74, 6) is 0.244. The molecule has 0 bridgehead atoms. The van der Waals surface area contributed by atoms with Crippen molar-refractivity contribution in [3.63, 3.8) is 0 Å². The van der Waals surface area contributed by atoms with Crippen molar-refractivity contribution in [2.24, 2.45) is 0 Å². The molecule has 2 rings (SSSR count). The molecule has 21 heavy (non-hydrogen) atoms. The summed E-state index contributed by atoms with van der Waals surface area (Å²) in [4.78, 5) is 11.9. The Balaban J connectivity index is 1.83. The number of thioether (sulfide) groups is 1. The number of halogens is 1. The number of carbonyl (C=O) groups is 1. The number of hydrogen-bond donors (Lipinski definition) is 1. The van der Waals surface area contributed by atoms with E-state index in [9.17, 15) is 4.79 Å². The van der Waals surface area contributed by atoms with Crippen LogP contribution >= 0.6 is 23.4 Å². The highest BCUT2D eigenvalue weighted by Gasteiger charge is 2.10. The van der Waals surface area contributed by atoms with E-state index < -0.39 is 0 Å². The smallest absolute Gasteiger partial charge is 0.230 e. The highest BCUT2D eigenvalue weighted by Crippen LogP contribution is 2.18. The van der Waals surface area contributed by atoms with Gasteiger partial charge in [-0.3, -0.25) is 4.79 Å². The second-order valence-electron chi connectivity index (χ2n) is 4.77. The zero-order chi connectivity index (χ0) is 15.2. The lowest BCUT2D eigenvalue weighted by atomic mass is 10.2. The molecule has 0 spiro atoms. The fourth-order valence-corrected chi connectivity index (χ4v) is 2.78. The number of amides is 1. The molecule has 7 heteroatoms. The molecule has 0 aliphatic heterocycles. The van der Waals surface area contributed by atoms with Crippen molar-refractivity contribution in [3.8, 4) is 0 Å². The third-order valence-electron chi connectivity index (χ3n) is 2.86. The number of aromatic nitrogens is 3. The molecular weight excluding hydrogens is 308 g/mol. The Labute approximate surface area is 133 Å². The van der Waals surface area contributed by atoms with Crippen molar-refractivity contribution in [2.75, 3.05) is 5.75 Å². The van der Waals surface area contributed by atoms with Gasteiger partial charge in [-0.2, -0.15) is 0 Å². The monoisotopic (exact) mass is 324 g/mol. The first-order valence-electron chi connectivity index (χ1n) is 6.60. The van der Waals surface area contributed by atoms with Gasteiger partial charge in [-0.1, -0.05) is 41.6 Å². The summed E-state index contributed by atoms with van der Waals surface area (Å²) in [5.41, 5.74) is 0.905. The standard InChI is InChI=1S/C14H17ClN4OS/c1-10(2)19-9-17-18-14(19)21-8-13(20)16-7-11-5-3-4-6-12(11)15/h3-6,9-10H,7-8H2,1-2H3,(H,16,20). The van der Waals surface area contributed by atoms with Gasteiger partial charge in [-0.15, -0.1) is 10.2 Å². The second kappa shape index (κ2) is 7.47. The molecule has 1 N–H and O–H groups in total. The SMILES string of the molecule is CC(C)n1cnnc1SCC(=O)NCc1ccccc1Cl. The number of nitrogens with zero attached hydrogens (tertiary/aromatic N) is 3. The number of nitrogens with one attached hydrogen (secondary N) is 1. The van der Waals surface area contributed by atoms with Crippen LogP contribution in [-0.2, 0) is 11.3 Å². The van der Waals surface area contributed by atoms with E-state index in [4.69, 9.17) is 11.6 Å². The Morgan fingerprint density at radius 3 is 2.90 bits per heavy atom. The molecule has 0 unspecified atom stereocenters. The van der Waals surface area contributed by atoms with Crippen LogP contribution in [-0.4, -0.2) is 26.4 Å². The molecule has 112 valence electrons. The van der Waals surface area contributed by atoms with E-state index in [0.717, 1.165) is 10.7 Å². The zero-order valence-corrected chi connectivity index (χ0v) is 13.5. The minimum absolute atomic E-state index is 0.0572. The van der Waals surface area contributed by atoms with Gasteiger partial charge in [0.15, 0.2) is 5.16 Å². The summed E-state index contributed by atoms with van der Waals surface area (Å²) in [7, 11) is 0. The lowest BCUT2D eigenvalue weighted by Crippen LogP contribution is -2.24. The van der Waals surface area contributed by atoms with Crippen molar-refractivity contribution >= 4 is 29.3 Å². The maximum absolute atomic E-state index is 11.9. The van der Waals surface area contributed by atoms with Gasteiger partial charge in [0.25, 0.3) is 0 Å². The van der Waals surface area contributed by atoms with Crippen molar-refractivity contribution < 1.29 is 4.79 Å². The number of benzene rings is 1. The predicted octanol–water partition coefficient (Wildman–Crippen LogP) is 2.92. The molecular formula is C14H17ClN4OS. The molecule has 0 radical (unpaired) electrons. The lowest BCUT2D eigenvalue weighted by molar-refractivity contribution is -0.118. The molecule has 0 saturated heterocycles. The van der Waals surface area contributed by atoms with E-state index in [1.165, 1.54) is 11.8 Å². The Hall–Kier alpha value is -1.53. The first-order valence-corrected chi connectivity index (χ1v) is 7.96. The van der Waals surface area contributed by atoms with Crippen molar-refractivity contribution in [2.45, 2.75) is 31.6 Å². The highest BCUT2D eigenvalue weighted by molar-refractivity contribution is 7.99. The lowest BCUT2D eigenvalue weighted by Gasteiger charge is -2.09. The highest BCUT2D eigenvalue weighted by atomic mass is 35.5. The minimum atomic E-state index is -0.0572. The molecule has 1 amide bonds. The molecule has 0 saturated carbocycles. The fraction of sp³-hybridized carbons (Fsp3) is 0.357. The van der Waals surface area contributed by atoms with Crippen LogP contribution in [0.25, 0.3) is 0 Å². The van der Waals surface area contributed by atoms with Crippen molar-refractivity contribution in [1.29, 1.82) is 0 Å². The van der Waals surface area contributed by atoms with Crippen LogP contribution in [0.15, 0.2) is 35.7 Å². The summed E-state index contributed by atoms with van der Waals surface area (Å²) < 4.78 is 1.94. The largest absolute Gasteiger partial charge is 0.351 e. The molecule has 0 fully saturated rings. The summed E-state index contributed by atoms with van der Waals surface area (Å²) >= 11 is 7.42. The number of carbonyl (C=O) groups excluding carboxylic acids is 1. The molecule has 0 aliphatic carbocycles. The van der Waals surface area contributed by atoms with E-state index in [2.05, 4.69) is 15.5 Å². The van der Waals surface area contributed by atoms with Crippen LogP contribution in [0, 0.1) is 0 Å². The average Bonchev–Trinajstić information content (AvgIpc) is 2.93. The van der Waals surface area contributed by atoms with Crippen LogP contribution < -0.4 is 5.32 Å².